The van der Waals surface area contributed by atoms with Crippen molar-refractivity contribution < 1.29 is 0 Å². The molecular formula is C9H14ClN3. The molecule has 13 heavy (non-hydrogen) atoms. The van der Waals surface area contributed by atoms with E-state index in [1.54, 1.807) is 0 Å². The van der Waals surface area contributed by atoms with Gasteiger partial charge in [-0.3, -0.25) is 0 Å². The smallest absolute Gasteiger partial charge is 0.0585 e. The van der Waals surface area contributed by atoms with Crippen molar-refractivity contribution in [3.8, 4) is 0 Å². The van der Waals surface area contributed by atoms with Gasteiger partial charge in [-0.1, -0.05) is 6.07 Å². The first kappa shape index (κ1) is 10.2. The molecule has 0 saturated heterocycles. The number of hydrogen-bond donors (Lipinski definition) is 1. The summed E-state index contributed by atoms with van der Waals surface area (Å²) in [6.07, 6.45) is 0. The Kier molecular flexibility index (Phi) is 2.68. The van der Waals surface area contributed by atoms with Crippen molar-refractivity contribution in [2.75, 3.05) is 24.8 Å². The average molecular weight is 200 g/mol. The number of fused-ring (bicyclic) bond motifs is 1. The standard InChI is InChI=1S/C9H13N3.ClH/c1-11-6-7-3-4-8(10)5-9(7)12(11)2;/h3-5H,6,10H2,1-2H3;1H. The van der Waals surface area contributed by atoms with Gasteiger partial charge >= 0.3 is 0 Å². The molecule has 1 aromatic rings. The van der Waals surface area contributed by atoms with Crippen molar-refractivity contribution in [3.63, 3.8) is 0 Å². The molecule has 0 radical (unpaired) electrons. The van der Waals surface area contributed by atoms with E-state index in [4.69, 9.17) is 5.73 Å². The first-order valence-corrected chi connectivity index (χ1v) is 4.01. The molecule has 0 amide bonds. The predicted octanol–water partition coefficient (Wildman–Crippen LogP) is 1.49. The van der Waals surface area contributed by atoms with E-state index in [0.29, 0.717) is 0 Å². The molecule has 0 bridgehead atoms. The molecule has 0 atom stereocenters. The molecule has 2 N–H and O–H groups in total. The van der Waals surface area contributed by atoms with E-state index < -0.39 is 0 Å². The molecule has 0 fully saturated rings. The zero-order chi connectivity index (χ0) is 8.72. The highest BCUT2D eigenvalue weighted by Crippen LogP contribution is 2.30. The Morgan fingerprint density at radius 1 is 1.31 bits per heavy atom. The number of nitrogens with two attached hydrogens (primary N) is 1. The third kappa shape index (κ3) is 1.57. The SMILES string of the molecule is CN1Cc2ccc(N)cc2N1C.Cl. The lowest BCUT2D eigenvalue weighted by Crippen LogP contribution is -2.29. The van der Waals surface area contributed by atoms with Crippen molar-refractivity contribution in [1.82, 2.24) is 5.01 Å². The van der Waals surface area contributed by atoms with Crippen LogP contribution in [0.2, 0.25) is 0 Å². The third-order valence-corrected chi connectivity index (χ3v) is 2.37. The molecule has 0 aromatic heterocycles. The Morgan fingerprint density at radius 3 is 2.69 bits per heavy atom. The van der Waals surface area contributed by atoms with E-state index in [2.05, 4.69) is 23.1 Å². The highest BCUT2D eigenvalue weighted by atomic mass is 35.5. The molecule has 1 aromatic carbocycles. The highest BCUT2D eigenvalue weighted by Gasteiger charge is 2.20. The zero-order valence-electron chi connectivity index (χ0n) is 7.82. The van der Waals surface area contributed by atoms with Gasteiger partial charge < -0.3 is 10.7 Å². The molecule has 3 nitrogen and oxygen atoms in total. The molecule has 0 saturated carbocycles. The van der Waals surface area contributed by atoms with Gasteiger partial charge in [0.15, 0.2) is 0 Å². The summed E-state index contributed by atoms with van der Waals surface area (Å²) in [6, 6.07) is 6.05. The van der Waals surface area contributed by atoms with Gasteiger partial charge in [-0.25, -0.2) is 5.01 Å². The molecular weight excluding hydrogens is 186 g/mol. The fourth-order valence-corrected chi connectivity index (χ4v) is 1.55. The molecule has 1 aliphatic heterocycles. The largest absolute Gasteiger partial charge is 0.399 e. The Morgan fingerprint density at radius 2 is 2.00 bits per heavy atom. The van der Waals surface area contributed by atoms with Gasteiger partial charge in [0.25, 0.3) is 0 Å². The molecule has 0 spiro atoms. The lowest BCUT2D eigenvalue weighted by atomic mass is 10.2. The van der Waals surface area contributed by atoms with Crippen LogP contribution >= 0.6 is 12.4 Å². The minimum atomic E-state index is 0. The zero-order valence-corrected chi connectivity index (χ0v) is 8.64. The molecule has 72 valence electrons. The predicted molar refractivity (Wildman–Crippen MR) is 58.0 cm³/mol. The first-order valence-electron chi connectivity index (χ1n) is 4.01. The molecule has 4 heteroatoms. The maximum absolute atomic E-state index is 5.69. The van der Waals surface area contributed by atoms with Crippen LogP contribution in [0.4, 0.5) is 11.4 Å². The van der Waals surface area contributed by atoms with Gasteiger partial charge in [-0.2, -0.15) is 0 Å². The number of halogens is 1. The van der Waals surface area contributed by atoms with Gasteiger partial charge in [0.2, 0.25) is 0 Å². The van der Waals surface area contributed by atoms with E-state index in [-0.39, 0.29) is 12.4 Å². The summed E-state index contributed by atoms with van der Waals surface area (Å²) in [5.74, 6) is 0. The van der Waals surface area contributed by atoms with E-state index in [9.17, 15) is 0 Å². The maximum atomic E-state index is 5.69. The normalized spacial score (nSPS) is 15.4. The summed E-state index contributed by atoms with van der Waals surface area (Å²) in [4.78, 5) is 0. The fourth-order valence-electron chi connectivity index (χ4n) is 1.55. The fraction of sp³-hybridized carbons (Fsp3) is 0.333. The summed E-state index contributed by atoms with van der Waals surface area (Å²) in [6.45, 7) is 0.978. The van der Waals surface area contributed by atoms with Crippen LogP contribution in [0.1, 0.15) is 5.56 Å². The van der Waals surface area contributed by atoms with Crippen LogP contribution in [-0.2, 0) is 6.54 Å². The van der Waals surface area contributed by atoms with Crippen molar-refractivity contribution in [2.24, 2.45) is 0 Å². The van der Waals surface area contributed by atoms with Crippen LogP contribution in [0, 0.1) is 0 Å². The Hall–Kier alpha value is -0.930. The van der Waals surface area contributed by atoms with Crippen LogP contribution in [0.3, 0.4) is 0 Å². The van der Waals surface area contributed by atoms with Crippen molar-refractivity contribution in [1.29, 1.82) is 0 Å². The summed E-state index contributed by atoms with van der Waals surface area (Å²) >= 11 is 0. The quantitative estimate of drug-likeness (QED) is 0.643. The lowest BCUT2D eigenvalue weighted by molar-refractivity contribution is 0.345. The van der Waals surface area contributed by atoms with Crippen molar-refractivity contribution >= 4 is 23.8 Å². The summed E-state index contributed by atoms with van der Waals surface area (Å²) in [5.41, 5.74) is 9.08. The van der Waals surface area contributed by atoms with Crippen LogP contribution in [0.25, 0.3) is 0 Å². The van der Waals surface area contributed by atoms with Crippen LogP contribution in [-0.4, -0.2) is 19.1 Å². The third-order valence-electron chi connectivity index (χ3n) is 2.37. The maximum Gasteiger partial charge on any atom is 0.0585 e. The van der Waals surface area contributed by atoms with Crippen LogP contribution in [0.5, 0.6) is 0 Å². The van der Waals surface area contributed by atoms with Gasteiger partial charge in [0, 0.05) is 26.3 Å². The minimum absolute atomic E-state index is 0. The second-order valence-corrected chi connectivity index (χ2v) is 3.23. The molecule has 1 aliphatic rings. The number of nitrogen functional groups attached to an aromatic ring is 1. The van der Waals surface area contributed by atoms with Crippen LogP contribution in [0.15, 0.2) is 18.2 Å². The van der Waals surface area contributed by atoms with E-state index in [1.165, 1.54) is 11.3 Å². The average Bonchev–Trinajstić information content (AvgIpc) is 2.31. The highest BCUT2D eigenvalue weighted by molar-refractivity contribution is 5.85. The van der Waals surface area contributed by atoms with E-state index in [1.807, 2.05) is 19.2 Å². The number of rotatable bonds is 0. The Bertz CT molecular complexity index is 314. The summed E-state index contributed by atoms with van der Waals surface area (Å²) in [7, 11) is 4.11. The second kappa shape index (κ2) is 3.44. The van der Waals surface area contributed by atoms with Gasteiger partial charge in [-0.15, -0.1) is 12.4 Å². The number of anilines is 2. The number of benzene rings is 1. The topological polar surface area (TPSA) is 32.5 Å². The number of hydrazine groups is 1. The van der Waals surface area contributed by atoms with Gasteiger partial charge in [0.1, 0.15) is 0 Å². The summed E-state index contributed by atoms with van der Waals surface area (Å²) in [5, 5.41) is 4.27. The number of nitrogens with zero attached hydrogens (tertiary/aromatic N) is 2. The van der Waals surface area contributed by atoms with E-state index in [0.717, 1.165) is 12.2 Å². The molecule has 1 heterocycles. The molecule has 0 unspecified atom stereocenters. The minimum Gasteiger partial charge on any atom is -0.399 e. The first-order chi connectivity index (χ1) is 5.68. The van der Waals surface area contributed by atoms with Crippen LogP contribution < -0.4 is 10.7 Å². The Balaban J connectivity index is 0.000000845. The molecule has 2 rings (SSSR count). The lowest BCUT2D eigenvalue weighted by Gasteiger charge is -2.21. The van der Waals surface area contributed by atoms with Gasteiger partial charge in [-0.05, 0) is 17.7 Å². The van der Waals surface area contributed by atoms with Gasteiger partial charge in [0.05, 0.1) is 5.69 Å². The summed E-state index contributed by atoms with van der Waals surface area (Å²) < 4.78 is 0. The van der Waals surface area contributed by atoms with Crippen molar-refractivity contribution in [3.05, 3.63) is 23.8 Å². The second-order valence-electron chi connectivity index (χ2n) is 3.23. The molecule has 0 aliphatic carbocycles. The van der Waals surface area contributed by atoms with Crippen molar-refractivity contribution in [2.45, 2.75) is 6.54 Å². The monoisotopic (exact) mass is 199 g/mol. The Labute approximate surface area is 84.5 Å². The van der Waals surface area contributed by atoms with E-state index >= 15 is 0 Å². The number of hydrogen-bond acceptors (Lipinski definition) is 3.